The molecular weight excluding hydrogens is 362 g/mol. The van der Waals surface area contributed by atoms with E-state index in [9.17, 15) is 5.11 Å². The number of fused-ring (bicyclic) bond motifs is 1. The third-order valence-electron chi connectivity index (χ3n) is 6.38. The highest BCUT2D eigenvalue weighted by Crippen LogP contribution is 2.42. The van der Waals surface area contributed by atoms with Crippen molar-refractivity contribution in [3.63, 3.8) is 0 Å². The van der Waals surface area contributed by atoms with Gasteiger partial charge in [-0.1, -0.05) is 31.0 Å². The first kappa shape index (κ1) is 18.6. The molecular formula is C23H29N5O. The van der Waals surface area contributed by atoms with E-state index in [0.29, 0.717) is 24.0 Å². The predicted molar refractivity (Wildman–Crippen MR) is 115 cm³/mol. The molecule has 2 N–H and O–H groups in total. The second-order valence-corrected chi connectivity index (χ2v) is 8.24. The Morgan fingerprint density at radius 2 is 1.79 bits per heavy atom. The first-order valence-corrected chi connectivity index (χ1v) is 10.9. The summed E-state index contributed by atoms with van der Waals surface area (Å²) in [6, 6.07) is 10.4. The van der Waals surface area contributed by atoms with Crippen molar-refractivity contribution in [1.29, 1.82) is 0 Å². The number of aliphatic hydroxyl groups excluding tert-OH is 1. The van der Waals surface area contributed by atoms with Crippen LogP contribution in [0.15, 0.2) is 42.3 Å². The van der Waals surface area contributed by atoms with Crippen LogP contribution in [0.4, 0.5) is 11.6 Å². The summed E-state index contributed by atoms with van der Waals surface area (Å²) in [5.74, 6) is 1.67. The first-order valence-electron chi connectivity index (χ1n) is 10.9. The van der Waals surface area contributed by atoms with Crippen molar-refractivity contribution in [2.24, 2.45) is 5.92 Å². The number of nitrogens with zero attached hydrogens (tertiary/aromatic N) is 4. The molecule has 0 atom stereocenters. The van der Waals surface area contributed by atoms with Gasteiger partial charge in [0.05, 0.1) is 17.1 Å². The van der Waals surface area contributed by atoms with Crippen LogP contribution in [0.25, 0.3) is 5.57 Å². The fraction of sp³-hybridized carbons (Fsp3) is 0.478. The third kappa shape index (κ3) is 3.63. The number of para-hydroxylation sites is 1. The molecule has 1 saturated heterocycles. The van der Waals surface area contributed by atoms with Gasteiger partial charge in [-0.05, 0) is 42.9 Å². The second-order valence-electron chi connectivity index (χ2n) is 8.24. The zero-order valence-corrected chi connectivity index (χ0v) is 16.8. The standard InChI is InChI=1S/C23H29N5O/c29-20-11-10-18-16-25-23(26-22(18)21(20)17-6-4-5-7-17)28(19-8-2-1-3-9-19)27-14-12-24-13-15-27/h1-3,8-9,16-17,24,29H,4-7,10-15H2. The van der Waals surface area contributed by atoms with Gasteiger partial charge in [-0.15, -0.1) is 0 Å². The average molecular weight is 392 g/mol. The quantitative estimate of drug-likeness (QED) is 0.826. The van der Waals surface area contributed by atoms with Gasteiger partial charge in [0.25, 0.3) is 0 Å². The van der Waals surface area contributed by atoms with E-state index in [1.165, 1.54) is 18.4 Å². The van der Waals surface area contributed by atoms with Crippen molar-refractivity contribution in [3.05, 3.63) is 53.5 Å². The molecule has 6 nitrogen and oxygen atoms in total. The molecule has 0 spiro atoms. The molecule has 3 aliphatic rings. The Morgan fingerprint density at radius 1 is 1.03 bits per heavy atom. The molecule has 2 aliphatic carbocycles. The number of aliphatic hydroxyl groups is 1. The maximum atomic E-state index is 10.8. The summed E-state index contributed by atoms with van der Waals surface area (Å²) in [6.45, 7) is 3.71. The molecule has 1 aromatic heterocycles. The van der Waals surface area contributed by atoms with Gasteiger partial charge in [-0.25, -0.2) is 20.0 Å². The monoisotopic (exact) mass is 391 g/mol. The smallest absolute Gasteiger partial charge is 0.245 e. The molecule has 0 unspecified atom stereocenters. The molecule has 0 radical (unpaired) electrons. The van der Waals surface area contributed by atoms with E-state index in [-0.39, 0.29) is 0 Å². The van der Waals surface area contributed by atoms with Crippen LogP contribution in [0.5, 0.6) is 0 Å². The summed E-state index contributed by atoms with van der Waals surface area (Å²) in [7, 11) is 0. The zero-order chi connectivity index (χ0) is 19.6. The number of nitrogens with one attached hydrogen (secondary N) is 1. The SMILES string of the molecule is OC1=C(C2CCCC2)c2nc(N(c3ccccc3)N3CCNCC3)ncc2CC1. The number of hydrogen-bond acceptors (Lipinski definition) is 6. The molecule has 1 aromatic carbocycles. The maximum absolute atomic E-state index is 10.8. The van der Waals surface area contributed by atoms with Gasteiger partial charge in [-0.3, -0.25) is 0 Å². The van der Waals surface area contributed by atoms with Gasteiger partial charge >= 0.3 is 0 Å². The Kier molecular flexibility index (Phi) is 5.21. The van der Waals surface area contributed by atoms with Gasteiger partial charge in [0.1, 0.15) is 0 Å². The van der Waals surface area contributed by atoms with Crippen LogP contribution >= 0.6 is 0 Å². The summed E-state index contributed by atoms with van der Waals surface area (Å²) in [6.07, 6.45) is 8.30. The molecule has 6 heteroatoms. The zero-order valence-electron chi connectivity index (χ0n) is 16.8. The molecule has 1 aliphatic heterocycles. The van der Waals surface area contributed by atoms with Gasteiger partial charge in [0, 0.05) is 44.4 Å². The Hall–Kier alpha value is -2.44. The van der Waals surface area contributed by atoms with Crippen LogP contribution in [0.1, 0.15) is 43.4 Å². The van der Waals surface area contributed by atoms with Gasteiger partial charge < -0.3 is 10.4 Å². The average Bonchev–Trinajstić information content (AvgIpc) is 3.30. The second kappa shape index (κ2) is 8.13. The molecule has 2 aromatic rings. The summed E-state index contributed by atoms with van der Waals surface area (Å²) in [4.78, 5) is 9.86. The Labute approximate surface area is 172 Å². The van der Waals surface area contributed by atoms with E-state index in [1.807, 2.05) is 12.3 Å². The topological polar surface area (TPSA) is 64.5 Å². The van der Waals surface area contributed by atoms with E-state index in [2.05, 4.69) is 39.6 Å². The van der Waals surface area contributed by atoms with E-state index >= 15 is 0 Å². The van der Waals surface area contributed by atoms with Crippen LogP contribution in [0.3, 0.4) is 0 Å². The number of anilines is 2. The van der Waals surface area contributed by atoms with Crippen LogP contribution in [-0.4, -0.2) is 46.3 Å². The predicted octanol–water partition coefficient (Wildman–Crippen LogP) is 3.84. The third-order valence-corrected chi connectivity index (χ3v) is 6.38. The normalized spacial score (nSPS) is 20.7. The Morgan fingerprint density at radius 3 is 2.55 bits per heavy atom. The van der Waals surface area contributed by atoms with Crippen LogP contribution in [0, 0.1) is 5.92 Å². The fourth-order valence-electron chi connectivity index (χ4n) is 4.91. The van der Waals surface area contributed by atoms with Gasteiger partial charge in [0.15, 0.2) is 0 Å². The van der Waals surface area contributed by atoms with Gasteiger partial charge in [-0.2, -0.15) is 0 Å². The van der Waals surface area contributed by atoms with E-state index in [4.69, 9.17) is 9.97 Å². The van der Waals surface area contributed by atoms with Crippen LogP contribution < -0.4 is 10.3 Å². The molecule has 2 heterocycles. The summed E-state index contributed by atoms with van der Waals surface area (Å²) < 4.78 is 0. The number of hydrazine groups is 1. The fourth-order valence-corrected chi connectivity index (χ4v) is 4.91. The minimum Gasteiger partial charge on any atom is -0.512 e. The van der Waals surface area contributed by atoms with Crippen molar-refractivity contribution >= 4 is 17.2 Å². The van der Waals surface area contributed by atoms with E-state index in [1.54, 1.807) is 0 Å². The first-order chi connectivity index (χ1) is 14.3. The molecule has 0 bridgehead atoms. The number of benzene rings is 1. The number of piperazine rings is 1. The highest BCUT2D eigenvalue weighted by atomic mass is 16.3. The highest BCUT2D eigenvalue weighted by Gasteiger charge is 2.31. The lowest BCUT2D eigenvalue weighted by molar-refractivity contribution is 0.240. The number of hydrogen-bond donors (Lipinski definition) is 2. The number of aryl methyl sites for hydroxylation is 1. The number of rotatable bonds is 4. The highest BCUT2D eigenvalue weighted by molar-refractivity contribution is 5.72. The van der Waals surface area contributed by atoms with Gasteiger partial charge in [0.2, 0.25) is 5.95 Å². The Balaban J connectivity index is 1.57. The van der Waals surface area contributed by atoms with Crippen molar-refractivity contribution in [1.82, 2.24) is 20.3 Å². The summed E-state index contributed by atoms with van der Waals surface area (Å²) in [5, 5.41) is 18.6. The number of allylic oxidation sites excluding steroid dienone is 2. The molecule has 0 amide bonds. The molecule has 1 saturated carbocycles. The largest absolute Gasteiger partial charge is 0.512 e. The summed E-state index contributed by atoms with van der Waals surface area (Å²) >= 11 is 0. The van der Waals surface area contributed by atoms with Crippen molar-refractivity contribution < 1.29 is 5.11 Å². The number of aromatic nitrogens is 2. The summed E-state index contributed by atoms with van der Waals surface area (Å²) in [5.41, 5.74) is 4.30. The van der Waals surface area contributed by atoms with Crippen molar-refractivity contribution in [2.75, 3.05) is 31.2 Å². The maximum Gasteiger partial charge on any atom is 0.245 e. The molecule has 152 valence electrons. The van der Waals surface area contributed by atoms with Crippen molar-refractivity contribution in [3.8, 4) is 0 Å². The molecule has 5 rings (SSSR count). The lowest BCUT2D eigenvalue weighted by Gasteiger charge is -2.38. The Bertz CT molecular complexity index is 885. The molecule has 2 fully saturated rings. The minimum atomic E-state index is 0.432. The van der Waals surface area contributed by atoms with E-state index < -0.39 is 0 Å². The van der Waals surface area contributed by atoms with Crippen molar-refractivity contribution in [2.45, 2.75) is 38.5 Å². The van der Waals surface area contributed by atoms with E-state index in [0.717, 1.165) is 62.4 Å². The lowest BCUT2D eigenvalue weighted by Crippen LogP contribution is -2.51. The lowest BCUT2D eigenvalue weighted by atomic mass is 9.85. The van der Waals surface area contributed by atoms with Crippen LogP contribution in [-0.2, 0) is 6.42 Å². The molecule has 29 heavy (non-hydrogen) atoms. The minimum absolute atomic E-state index is 0.432. The van der Waals surface area contributed by atoms with Crippen LogP contribution in [0.2, 0.25) is 0 Å².